The monoisotopic (exact) mass is 273 g/mol. The Morgan fingerprint density at radius 2 is 1.70 bits per heavy atom. The summed E-state index contributed by atoms with van der Waals surface area (Å²) < 4.78 is 0. The van der Waals surface area contributed by atoms with Crippen LogP contribution in [-0.2, 0) is 0 Å². The van der Waals surface area contributed by atoms with Crippen LogP contribution in [0.15, 0.2) is 24.3 Å². The maximum Gasteiger partial charge on any atom is 0.106 e. The van der Waals surface area contributed by atoms with E-state index in [-0.39, 0.29) is 5.41 Å². The van der Waals surface area contributed by atoms with Crippen molar-refractivity contribution in [1.29, 1.82) is 5.41 Å². The number of rotatable bonds is 2. The van der Waals surface area contributed by atoms with Crippen molar-refractivity contribution in [2.45, 2.75) is 40.0 Å². The largest absolute Gasteiger partial charge is 0.370 e. The van der Waals surface area contributed by atoms with Gasteiger partial charge in [0.15, 0.2) is 0 Å². The molecule has 20 heavy (non-hydrogen) atoms. The van der Waals surface area contributed by atoms with Crippen molar-refractivity contribution in [3.63, 3.8) is 0 Å². The Morgan fingerprint density at radius 1 is 1.10 bits per heavy atom. The Labute approximate surface area is 123 Å². The Hall–Kier alpha value is -1.51. The summed E-state index contributed by atoms with van der Waals surface area (Å²) in [5, 5.41) is 8.40. The number of nitrogens with one attached hydrogen (secondary N) is 1. The maximum absolute atomic E-state index is 8.40. The Morgan fingerprint density at radius 3 is 2.30 bits per heavy atom. The molecule has 0 unspecified atom stereocenters. The van der Waals surface area contributed by atoms with E-state index in [4.69, 9.17) is 5.41 Å². The Kier molecular flexibility index (Phi) is 4.36. The average Bonchev–Trinajstić information content (AvgIpc) is 2.45. The molecule has 3 nitrogen and oxygen atoms in total. The molecule has 1 N–H and O–H groups in total. The van der Waals surface area contributed by atoms with Gasteiger partial charge in [0.25, 0.3) is 0 Å². The molecule has 0 aliphatic carbocycles. The lowest BCUT2D eigenvalue weighted by Crippen LogP contribution is -2.38. The van der Waals surface area contributed by atoms with Crippen molar-refractivity contribution in [1.82, 2.24) is 0 Å². The van der Waals surface area contributed by atoms with Crippen LogP contribution in [0.1, 0.15) is 40.0 Å². The van der Waals surface area contributed by atoms with Crippen molar-refractivity contribution in [2.24, 2.45) is 5.41 Å². The lowest BCUT2D eigenvalue weighted by molar-refractivity contribution is 0.572. The fourth-order valence-corrected chi connectivity index (χ4v) is 2.77. The lowest BCUT2D eigenvalue weighted by atomic mass is 9.94. The van der Waals surface area contributed by atoms with Crippen LogP contribution < -0.4 is 9.80 Å². The second-order valence-corrected chi connectivity index (χ2v) is 6.69. The Bertz CT molecular complexity index is 467. The number of nitrogens with zero attached hydrogens (tertiary/aromatic N) is 2. The quantitative estimate of drug-likeness (QED) is 0.648. The van der Waals surface area contributed by atoms with E-state index in [0.29, 0.717) is 5.84 Å². The predicted molar refractivity (Wildman–Crippen MR) is 88.1 cm³/mol. The molecule has 0 amide bonds. The van der Waals surface area contributed by atoms with Crippen molar-refractivity contribution < 1.29 is 0 Å². The zero-order valence-corrected chi connectivity index (χ0v) is 13.2. The zero-order valence-electron chi connectivity index (χ0n) is 13.2. The van der Waals surface area contributed by atoms with E-state index in [9.17, 15) is 0 Å². The first kappa shape index (κ1) is 14.9. The second kappa shape index (κ2) is 5.86. The van der Waals surface area contributed by atoms with Crippen LogP contribution in [0, 0.1) is 10.8 Å². The fourth-order valence-electron chi connectivity index (χ4n) is 2.77. The summed E-state index contributed by atoms with van der Waals surface area (Å²) in [5.41, 5.74) is 2.28. The molecular formula is C17H27N3. The van der Waals surface area contributed by atoms with Crippen molar-refractivity contribution >= 4 is 17.2 Å². The number of para-hydroxylation sites is 2. The highest BCUT2D eigenvalue weighted by atomic mass is 15.2. The average molecular weight is 273 g/mol. The summed E-state index contributed by atoms with van der Waals surface area (Å²) in [6, 6.07) is 8.48. The predicted octanol–water partition coefficient (Wildman–Crippen LogP) is 4.14. The van der Waals surface area contributed by atoms with Gasteiger partial charge >= 0.3 is 0 Å². The first-order chi connectivity index (χ1) is 9.41. The van der Waals surface area contributed by atoms with Crippen LogP contribution in [0.4, 0.5) is 11.4 Å². The first-order valence-electron chi connectivity index (χ1n) is 7.58. The zero-order chi connectivity index (χ0) is 14.8. The van der Waals surface area contributed by atoms with E-state index < -0.39 is 0 Å². The highest BCUT2D eigenvalue weighted by molar-refractivity contribution is 6.01. The number of amidine groups is 1. The van der Waals surface area contributed by atoms with Crippen molar-refractivity contribution in [2.75, 3.05) is 29.9 Å². The summed E-state index contributed by atoms with van der Waals surface area (Å²) in [7, 11) is 2.01. The summed E-state index contributed by atoms with van der Waals surface area (Å²) >= 11 is 0. The maximum atomic E-state index is 8.40. The van der Waals surface area contributed by atoms with Crippen LogP contribution in [0.5, 0.6) is 0 Å². The Balaban J connectivity index is 2.29. The molecule has 0 spiro atoms. The smallest absolute Gasteiger partial charge is 0.106 e. The third-order valence-electron chi connectivity index (χ3n) is 3.99. The summed E-state index contributed by atoms with van der Waals surface area (Å²) in [4.78, 5) is 4.50. The van der Waals surface area contributed by atoms with Gasteiger partial charge in [-0.05, 0) is 31.4 Å². The van der Waals surface area contributed by atoms with Gasteiger partial charge in [-0.15, -0.1) is 0 Å². The van der Waals surface area contributed by atoms with Crippen molar-refractivity contribution in [3.8, 4) is 0 Å². The molecule has 1 saturated heterocycles. The molecule has 0 saturated carbocycles. The molecule has 1 heterocycles. The molecule has 1 aliphatic heterocycles. The molecule has 0 radical (unpaired) electrons. The van der Waals surface area contributed by atoms with Crippen LogP contribution in [0.2, 0.25) is 0 Å². The van der Waals surface area contributed by atoms with E-state index >= 15 is 0 Å². The molecule has 1 aliphatic rings. The number of hydrogen-bond donors (Lipinski definition) is 1. The fraction of sp³-hybridized carbons (Fsp3) is 0.588. The van der Waals surface area contributed by atoms with Crippen LogP contribution in [0.3, 0.4) is 0 Å². The number of benzene rings is 1. The summed E-state index contributed by atoms with van der Waals surface area (Å²) in [6.45, 7) is 8.54. The van der Waals surface area contributed by atoms with Gasteiger partial charge in [0.2, 0.25) is 0 Å². The number of anilines is 2. The molecule has 3 heteroatoms. The number of hydrogen-bond acceptors (Lipinski definition) is 2. The lowest BCUT2D eigenvalue weighted by Gasteiger charge is -2.35. The SMILES string of the molecule is CN(C(=N)C(C)(C)C)c1ccccc1N1CCCCC1. The molecular weight excluding hydrogens is 246 g/mol. The van der Waals surface area contributed by atoms with Gasteiger partial charge in [0.1, 0.15) is 5.84 Å². The molecule has 0 aromatic heterocycles. The van der Waals surface area contributed by atoms with Gasteiger partial charge in [0.05, 0.1) is 11.4 Å². The molecule has 1 aromatic rings. The second-order valence-electron chi connectivity index (χ2n) is 6.69. The van der Waals surface area contributed by atoms with Crippen LogP contribution in [0.25, 0.3) is 0 Å². The molecule has 2 rings (SSSR count). The van der Waals surface area contributed by atoms with Crippen LogP contribution >= 0.6 is 0 Å². The van der Waals surface area contributed by atoms with E-state index in [2.05, 4.69) is 49.9 Å². The summed E-state index contributed by atoms with van der Waals surface area (Å²) in [5.74, 6) is 0.655. The highest BCUT2D eigenvalue weighted by Crippen LogP contribution is 2.32. The normalized spacial score (nSPS) is 16.1. The van der Waals surface area contributed by atoms with Crippen LogP contribution in [-0.4, -0.2) is 26.0 Å². The third kappa shape index (κ3) is 3.14. The topological polar surface area (TPSA) is 30.3 Å². The van der Waals surface area contributed by atoms with Gasteiger partial charge in [-0.25, -0.2) is 0 Å². The van der Waals surface area contributed by atoms with E-state index in [0.717, 1.165) is 18.8 Å². The minimum atomic E-state index is -0.135. The first-order valence-corrected chi connectivity index (χ1v) is 7.58. The number of piperidine rings is 1. The molecule has 0 bridgehead atoms. The molecule has 1 fully saturated rings. The minimum Gasteiger partial charge on any atom is -0.370 e. The standard InChI is InChI=1S/C17H27N3/c1-17(2,3)16(18)19(4)14-10-6-7-11-15(14)20-12-8-5-9-13-20/h6-7,10-11,18H,5,8-9,12-13H2,1-4H3. The molecule has 0 atom stereocenters. The van der Waals surface area contributed by atoms with Gasteiger partial charge in [-0.2, -0.15) is 0 Å². The van der Waals surface area contributed by atoms with E-state index in [1.807, 2.05) is 11.9 Å². The minimum absolute atomic E-state index is 0.135. The van der Waals surface area contributed by atoms with Gasteiger partial charge in [-0.3, -0.25) is 5.41 Å². The van der Waals surface area contributed by atoms with E-state index in [1.54, 1.807) is 0 Å². The highest BCUT2D eigenvalue weighted by Gasteiger charge is 2.24. The van der Waals surface area contributed by atoms with E-state index in [1.165, 1.54) is 24.9 Å². The van der Waals surface area contributed by atoms with Gasteiger partial charge in [-0.1, -0.05) is 32.9 Å². The van der Waals surface area contributed by atoms with Gasteiger partial charge < -0.3 is 9.80 Å². The van der Waals surface area contributed by atoms with Gasteiger partial charge in [0, 0.05) is 25.6 Å². The summed E-state index contributed by atoms with van der Waals surface area (Å²) in [6.07, 6.45) is 3.88. The van der Waals surface area contributed by atoms with Crippen molar-refractivity contribution in [3.05, 3.63) is 24.3 Å². The molecule has 110 valence electrons. The third-order valence-corrected chi connectivity index (χ3v) is 3.99. The molecule has 1 aromatic carbocycles.